The predicted molar refractivity (Wildman–Crippen MR) is 74.9 cm³/mol. The highest BCUT2D eigenvalue weighted by Gasteiger charge is 2.22. The van der Waals surface area contributed by atoms with Crippen molar-refractivity contribution in [3.8, 4) is 0 Å². The molecule has 2 rings (SSSR count). The first-order valence-electron chi connectivity index (χ1n) is 7.43. The Labute approximate surface area is 115 Å². The minimum atomic E-state index is 0.558. The van der Waals surface area contributed by atoms with Crippen LogP contribution in [0.15, 0.2) is 6.20 Å². The topological polar surface area (TPSA) is 52.0 Å². The average molecular weight is 266 g/mol. The molecule has 1 fully saturated rings. The second-order valence-corrected chi connectivity index (χ2v) is 5.44. The third kappa shape index (κ3) is 4.28. The lowest BCUT2D eigenvalue weighted by Crippen LogP contribution is -2.19. The lowest BCUT2D eigenvalue weighted by molar-refractivity contribution is 0.199. The Morgan fingerprint density at radius 1 is 1.37 bits per heavy atom. The first-order chi connectivity index (χ1) is 9.33. The van der Waals surface area contributed by atoms with Crippen LogP contribution in [-0.2, 0) is 11.3 Å². The normalized spacial score (nSPS) is 23.7. The minimum absolute atomic E-state index is 0.558. The molecule has 0 radical (unpaired) electrons. The maximum Gasteiger partial charge on any atom is 0.0964 e. The molecule has 1 N–H and O–H groups in total. The van der Waals surface area contributed by atoms with E-state index in [4.69, 9.17) is 4.74 Å². The van der Waals surface area contributed by atoms with Crippen molar-refractivity contribution in [2.75, 3.05) is 20.3 Å². The van der Waals surface area contributed by atoms with Crippen LogP contribution in [-0.4, -0.2) is 35.3 Å². The maximum atomic E-state index is 5.00. The largest absolute Gasteiger partial charge is 0.383 e. The molecule has 5 heteroatoms. The Hall–Kier alpha value is -0.940. The molecule has 0 spiro atoms. The number of nitrogens with zero attached hydrogens (tertiary/aromatic N) is 3. The van der Waals surface area contributed by atoms with E-state index in [1.54, 1.807) is 7.11 Å². The van der Waals surface area contributed by atoms with Gasteiger partial charge < -0.3 is 10.1 Å². The maximum absolute atomic E-state index is 5.00. The van der Waals surface area contributed by atoms with Crippen molar-refractivity contribution in [3.63, 3.8) is 0 Å². The average Bonchev–Trinajstić information content (AvgIpc) is 2.92. The van der Waals surface area contributed by atoms with Gasteiger partial charge in [-0.1, -0.05) is 18.6 Å². The Balaban J connectivity index is 1.77. The van der Waals surface area contributed by atoms with Gasteiger partial charge in [0, 0.05) is 20.2 Å². The van der Waals surface area contributed by atoms with Crippen LogP contribution >= 0.6 is 0 Å². The molecule has 1 saturated carbocycles. The number of aromatic nitrogens is 3. The van der Waals surface area contributed by atoms with E-state index < -0.39 is 0 Å². The molecule has 19 heavy (non-hydrogen) atoms. The van der Waals surface area contributed by atoms with Crippen LogP contribution in [0.2, 0.25) is 0 Å². The van der Waals surface area contributed by atoms with Gasteiger partial charge in [0.1, 0.15) is 0 Å². The molecule has 0 atom stereocenters. The fourth-order valence-electron chi connectivity index (χ4n) is 2.78. The van der Waals surface area contributed by atoms with Crippen molar-refractivity contribution in [1.29, 1.82) is 0 Å². The van der Waals surface area contributed by atoms with Gasteiger partial charge in [-0.25, -0.2) is 4.68 Å². The summed E-state index contributed by atoms with van der Waals surface area (Å²) >= 11 is 0. The van der Waals surface area contributed by atoms with Crippen LogP contribution in [0, 0.1) is 5.92 Å². The van der Waals surface area contributed by atoms with Crippen LogP contribution < -0.4 is 5.32 Å². The van der Waals surface area contributed by atoms with E-state index in [0.717, 1.165) is 31.3 Å². The molecule has 1 aliphatic rings. The van der Waals surface area contributed by atoms with Gasteiger partial charge >= 0.3 is 0 Å². The lowest BCUT2D eigenvalue weighted by Gasteiger charge is -2.27. The third-order valence-corrected chi connectivity index (χ3v) is 4.11. The standard InChI is InChI=1S/C14H26N4O/c1-3-12-4-6-14(7-5-12)18-11-13(16-17-18)10-15-8-9-19-2/h11-12,14-15H,3-10H2,1-2H3. The number of hydrogen-bond donors (Lipinski definition) is 1. The minimum Gasteiger partial charge on any atom is -0.383 e. The summed E-state index contributed by atoms with van der Waals surface area (Å²) in [6.45, 7) is 4.65. The van der Waals surface area contributed by atoms with Gasteiger partial charge in [-0.15, -0.1) is 5.10 Å². The van der Waals surface area contributed by atoms with Crippen LogP contribution in [0.25, 0.3) is 0 Å². The van der Waals surface area contributed by atoms with Gasteiger partial charge in [-0.05, 0) is 31.6 Å². The SMILES string of the molecule is CCC1CCC(n2cc(CNCCOC)nn2)CC1. The van der Waals surface area contributed by atoms with Crippen LogP contribution in [0.4, 0.5) is 0 Å². The van der Waals surface area contributed by atoms with E-state index >= 15 is 0 Å². The van der Waals surface area contributed by atoms with E-state index in [1.807, 2.05) is 0 Å². The smallest absolute Gasteiger partial charge is 0.0964 e. The molecule has 1 aromatic rings. The van der Waals surface area contributed by atoms with Gasteiger partial charge in [-0.3, -0.25) is 0 Å². The van der Waals surface area contributed by atoms with Crippen molar-refractivity contribution < 1.29 is 4.74 Å². The summed E-state index contributed by atoms with van der Waals surface area (Å²) in [5.74, 6) is 0.926. The first-order valence-corrected chi connectivity index (χ1v) is 7.43. The fraction of sp³-hybridized carbons (Fsp3) is 0.857. The number of rotatable bonds is 7. The second-order valence-electron chi connectivity index (χ2n) is 5.44. The summed E-state index contributed by atoms with van der Waals surface area (Å²) in [5.41, 5.74) is 1.02. The van der Waals surface area contributed by atoms with Crippen molar-refractivity contribution in [3.05, 3.63) is 11.9 Å². The van der Waals surface area contributed by atoms with Gasteiger partial charge in [0.25, 0.3) is 0 Å². The molecule has 1 aromatic heterocycles. The highest BCUT2D eigenvalue weighted by molar-refractivity contribution is 4.93. The van der Waals surface area contributed by atoms with Gasteiger partial charge in [0.2, 0.25) is 0 Å². The van der Waals surface area contributed by atoms with Crippen LogP contribution in [0.5, 0.6) is 0 Å². The zero-order chi connectivity index (χ0) is 13.5. The molecule has 5 nitrogen and oxygen atoms in total. The van der Waals surface area contributed by atoms with Crippen LogP contribution in [0.1, 0.15) is 50.8 Å². The number of nitrogens with one attached hydrogen (secondary N) is 1. The fourth-order valence-corrected chi connectivity index (χ4v) is 2.78. The van der Waals surface area contributed by atoms with Crippen molar-refractivity contribution >= 4 is 0 Å². The van der Waals surface area contributed by atoms with Crippen molar-refractivity contribution in [2.24, 2.45) is 5.92 Å². The Bertz CT molecular complexity index is 358. The molecule has 0 aliphatic heterocycles. The summed E-state index contributed by atoms with van der Waals surface area (Å²) in [6, 6.07) is 0.558. The third-order valence-electron chi connectivity index (χ3n) is 4.11. The summed E-state index contributed by atoms with van der Waals surface area (Å²) in [4.78, 5) is 0. The number of methoxy groups -OCH3 is 1. The predicted octanol–water partition coefficient (Wildman–Crippen LogP) is 2.16. The van der Waals surface area contributed by atoms with E-state index in [-0.39, 0.29) is 0 Å². The monoisotopic (exact) mass is 266 g/mol. The molecule has 0 amide bonds. The second kappa shape index (κ2) is 7.60. The quantitative estimate of drug-likeness (QED) is 0.768. The van der Waals surface area contributed by atoms with Gasteiger partial charge in [0.05, 0.1) is 24.5 Å². The van der Waals surface area contributed by atoms with E-state index in [2.05, 4.69) is 33.4 Å². The Kier molecular flexibility index (Phi) is 5.79. The molecule has 0 bridgehead atoms. The molecule has 108 valence electrons. The highest BCUT2D eigenvalue weighted by atomic mass is 16.5. The van der Waals surface area contributed by atoms with E-state index in [9.17, 15) is 0 Å². The van der Waals surface area contributed by atoms with E-state index in [0.29, 0.717) is 6.04 Å². The molecule has 0 saturated heterocycles. The zero-order valence-electron chi connectivity index (χ0n) is 12.1. The highest BCUT2D eigenvalue weighted by Crippen LogP contribution is 2.33. The summed E-state index contributed by atoms with van der Waals surface area (Å²) < 4.78 is 7.07. The molecule has 0 aromatic carbocycles. The summed E-state index contributed by atoms with van der Waals surface area (Å²) in [6.07, 6.45) is 8.58. The van der Waals surface area contributed by atoms with Crippen LogP contribution in [0.3, 0.4) is 0 Å². The molecule has 1 aliphatic carbocycles. The van der Waals surface area contributed by atoms with Crippen molar-refractivity contribution in [2.45, 2.75) is 51.6 Å². The number of ether oxygens (including phenoxy) is 1. The molecule has 1 heterocycles. The molecule has 0 unspecified atom stereocenters. The van der Waals surface area contributed by atoms with E-state index in [1.165, 1.54) is 32.1 Å². The summed E-state index contributed by atoms with van der Waals surface area (Å²) in [7, 11) is 1.71. The lowest BCUT2D eigenvalue weighted by atomic mass is 9.85. The van der Waals surface area contributed by atoms with Crippen molar-refractivity contribution in [1.82, 2.24) is 20.3 Å². The number of hydrogen-bond acceptors (Lipinski definition) is 4. The Morgan fingerprint density at radius 2 is 2.16 bits per heavy atom. The Morgan fingerprint density at radius 3 is 2.84 bits per heavy atom. The molecular formula is C14H26N4O. The molecular weight excluding hydrogens is 240 g/mol. The van der Waals surface area contributed by atoms with Gasteiger partial charge in [0.15, 0.2) is 0 Å². The van der Waals surface area contributed by atoms with Gasteiger partial charge in [-0.2, -0.15) is 0 Å². The first kappa shape index (κ1) is 14.5. The summed E-state index contributed by atoms with van der Waals surface area (Å²) in [5, 5.41) is 11.8. The zero-order valence-corrected chi connectivity index (χ0v) is 12.1.